The maximum atomic E-state index is 13.4. The van der Waals surface area contributed by atoms with Crippen molar-refractivity contribution >= 4 is 23.1 Å². The van der Waals surface area contributed by atoms with Crippen molar-refractivity contribution in [2.24, 2.45) is 0 Å². The van der Waals surface area contributed by atoms with Crippen molar-refractivity contribution in [3.05, 3.63) is 95.2 Å². The molecule has 6 heteroatoms. The molecule has 0 spiro atoms. The molecule has 0 bridgehead atoms. The van der Waals surface area contributed by atoms with E-state index in [1.165, 1.54) is 5.56 Å². The number of aromatic nitrogens is 1. The molecule has 1 fully saturated rings. The smallest absolute Gasteiger partial charge is 0.253 e. The van der Waals surface area contributed by atoms with E-state index < -0.39 is 0 Å². The Morgan fingerprint density at radius 3 is 2.51 bits per heavy atom. The van der Waals surface area contributed by atoms with Crippen LogP contribution in [-0.2, 0) is 0 Å². The van der Waals surface area contributed by atoms with E-state index >= 15 is 0 Å². The molecule has 190 valence electrons. The molecule has 37 heavy (non-hydrogen) atoms. The zero-order valence-corrected chi connectivity index (χ0v) is 21.9. The molecule has 1 aromatic heterocycles. The van der Waals surface area contributed by atoms with Crippen molar-refractivity contribution in [3.63, 3.8) is 0 Å². The summed E-state index contributed by atoms with van der Waals surface area (Å²) in [6.07, 6.45) is 4.71. The highest BCUT2D eigenvalue weighted by Gasteiger charge is 2.23. The van der Waals surface area contributed by atoms with Crippen LogP contribution in [0.1, 0.15) is 71.6 Å². The van der Waals surface area contributed by atoms with Crippen molar-refractivity contribution < 1.29 is 4.79 Å². The summed E-state index contributed by atoms with van der Waals surface area (Å²) in [5.41, 5.74) is 6.13. The number of anilines is 2. The van der Waals surface area contributed by atoms with Crippen LogP contribution < -0.4 is 10.6 Å². The van der Waals surface area contributed by atoms with Gasteiger partial charge in [0.2, 0.25) is 0 Å². The fourth-order valence-electron chi connectivity index (χ4n) is 4.72. The quantitative estimate of drug-likeness (QED) is 0.389. The number of carbonyl (C=O) groups excluding carboxylic acids is 1. The summed E-state index contributed by atoms with van der Waals surface area (Å²) in [7, 11) is 0. The molecule has 1 unspecified atom stereocenters. The third kappa shape index (κ3) is 6.56. The number of nitrogens with one attached hydrogen (secondary N) is 2. The molecular weight excluding hydrogens is 458 g/mol. The molecule has 0 saturated carbocycles. The third-order valence-corrected chi connectivity index (χ3v) is 6.85. The first-order valence-corrected chi connectivity index (χ1v) is 12.9. The monoisotopic (exact) mass is 493 g/mol. The molecule has 2 heterocycles. The molecule has 2 aromatic carbocycles. The number of benzene rings is 2. The normalized spacial score (nSPS) is 15.5. The number of amides is 1. The highest BCUT2D eigenvalue weighted by molar-refractivity contribution is 5.96. The van der Waals surface area contributed by atoms with Crippen LogP contribution in [0, 0.1) is 18.3 Å². The van der Waals surface area contributed by atoms with E-state index in [9.17, 15) is 4.79 Å². The molecule has 1 amide bonds. The average Bonchev–Trinajstić information content (AvgIpc) is 3.16. The van der Waals surface area contributed by atoms with Crippen LogP contribution in [0.5, 0.6) is 0 Å². The first-order valence-electron chi connectivity index (χ1n) is 12.9. The maximum Gasteiger partial charge on any atom is 0.253 e. The number of nitrogens with zero attached hydrogens (tertiary/aromatic N) is 3. The van der Waals surface area contributed by atoms with Gasteiger partial charge < -0.3 is 15.5 Å². The number of hydrogen-bond donors (Lipinski definition) is 2. The highest BCUT2D eigenvalue weighted by Crippen LogP contribution is 2.29. The standard InChI is InChI=1S/C31H35N5O/c1-21(2)34-30-14-13-28(20-33-30)23(4)35-29-18-27(10-7-22(29)3)31(37)36-16-5-6-25(15-17-36)26-11-8-24(19-32)9-12-26/h7-14,18,20-21,25,35H,4-6,15-17H2,1-3H3,(H,33,34). The molecule has 0 radical (unpaired) electrons. The number of rotatable bonds is 7. The van der Waals surface area contributed by atoms with Crippen molar-refractivity contribution in [1.29, 1.82) is 5.26 Å². The summed E-state index contributed by atoms with van der Waals surface area (Å²) >= 11 is 0. The Bertz CT molecular complexity index is 1290. The Morgan fingerprint density at radius 2 is 1.84 bits per heavy atom. The Hall–Kier alpha value is -4.11. The van der Waals surface area contributed by atoms with Gasteiger partial charge in [-0.3, -0.25) is 4.79 Å². The second-order valence-electron chi connectivity index (χ2n) is 10.0. The minimum atomic E-state index is 0.0555. The van der Waals surface area contributed by atoms with Gasteiger partial charge in [0.05, 0.1) is 11.6 Å². The first kappa shape index (κ1) is 26.0. The molecule has 3 aromatic rings. The molecule has 2 N–H and O–H groups in total. The van der Waals surface area contributed by atoms with Gasteiger partial charge in [-0.2, -0.15) is 5.26 Å². The van der Waals surface area contributed by atoms with Crippen LogP contribution in [0.15, 0.2) is 67.4 Å². The zero-order chi connectivity index (χ0) is 26.4. The van der Waals surface area contributed by atoms with Gasteiger partial charge in [0.15, 0.2) is 0 Å². The lowest BCUT2D eigenvalue weighted by atomic mass is 9.91. The summed E-state index contributed by atoms with van der Waals surface area (Å²) in [5.74, 6) is 1.29. The predicted octanol–water partition coefficient (Wildman–Crippen LogP) is 6.57. The lowest BCUT2D eigenvalue weighted by molar-refractivity contribution is 0.0761. The fourth-order valence-corrected chi connectivity index (χ4v) is 4.72. The topological polar surface area (TPSA) is 81.0 Å². The fraction of sp³-hybridized carbons (Fsp3) is 0.323. The van der Waals surface area contributed by atoms with Crippen LogP contribution in [0.2, 0.25) is 0 Å². The summed E-state index contributed by atoms with van der Waals surface area (Å²) < 4.78 is 0. The van der Waals surface area contributed by atoms with Gasteiger partial charge in [-0.15, -0.1) is 0 Å². The van der Waals surface area contributed by atoms with E-state index in [4.69, 9.17) is 5.26 Å². The predicted molar refractivity (Wildman–Crippen MR) is 150 cm³/mol. The third-order valence-electron chi connectivity index (χ3n) is 6.85. The second kappa shape index (κ2) is 11.7. The SMILES string of the molecule is C=C(Nc1cc(C(=O)N2CCCC(c3ccc(C#N)cc3)CC2)ccc1C)c1ccc(NC(C)C)nc1. The van der Waals surface area contributed by atoms with Crippen LogP contribution >= 0.6 is 0 Å². The van der Waals surface area contributed by atoms with Gasteiger partial charge in [0, 0.05) is 47.8 Å². The Balaban J connectivity index is 1.42. The zero-order valence-electron chi connectivity index (χ0n) is 21.9. The largest absolute Gasteiger partial charge is 0.368 e. The second-order valence-corrected chi connectivity index (χ2v) is 10.0. The number of aryl methyl sites for hydroxylation is 1. The van der Waals surface area contributed by atoms with Crippen LogP contribution in [0.25, 0.3) is 5.70 Å². The number of hydrogen-bond acceptors (Lipinski definition) is 5. The van der Waals surface area contributed by atoms with E-state index in [1.807, 2.05) is 54.3 Å². The van der Waals surface area contributed by atoms with E-state index in [0.29, 0.717) is 23.1 Å². The van der Waals surface area contributed by atoms with Crippen LogP contribution in [0.3, 0.4) is 0 Å². The van der Waals surface area contributed by atoms with E-state index in [-0.39, 0.29) is 5.91 Å². The van der Waals surface area contributed by atoms with Crippen molar-refractivity contribution in [2.75, 3.05) is 23.7 Å². The molecular formula is C31H35N5O. The number of carbonyl (C=O) groups is 1. The van der Waals surface area contributed by atoms with Gasteiger partial charge in [0.25, 0.3) is 5.91 Å². The molecule has 0 aliphatic carbocycles. The number of likely N-dealkylation sites (tertiary alicyclic amines) is 1. The Kier molecular flexibility index (Phi) is 8.25. The lowest BCUT2D eigenvalue weighted by Gasteiger charge is -2.22. The highest BCUT2D eigenvalue weighted by atomic mass is 16.2. The summed E-state index contributed by atoms with van der Waals surface area (Å²) in [5, 5.41) is 15.7. The minimum absolute atomic E-state index is 0.0555. The molecule has 1 saturated heterocycles. The van der Waals surface area contributed by atoms with Crippen molar-refractivity contribution in [3.8, 4) is 6.07 Å². The van der Waals surface area contributed by atoms with Crippen molar-refractivity contribution in [1.82, 2.24) is 9.88 Å². The lowest BCUT2D eigenvalue weighted by Crippen LogP contribution is -2.32. The van der Waals surface area contributed by atoms with E-state index in [1.54, 1.807) is 6.20 Å². The molecule has 6 nitrogen and oxygen atoms in total. The van der Waals surface area contributed by atoms with E-state index in [2.05, 4.69) is 54.2 Å². The molecule has 4 rings (SSSR count). The summed E-state index contributed by atoms with van der Waals surface area (Å²) in [4.78, 5) is 19.9. The molecule has 1 aliphatic heterocycles. The summed E-state index contributed by atoms with van der Waals surface area (Å²) in [6.45, 7) is 11.8. The van der Waals surface area contributed by atoms with Gasteiger partial charge in [-0.1, -0.05) is 24.8 Å². The van der Waals surface area contributed by atoms with Gasteiger partial charge in [0.1, 0.15) is 5.82 Å². The van der Waals surface area contributed by atoms with Gasteiger partial charge >= 0.3 is 0 Å². The maximum absolute atomic E-state index is 13.4. The Morgan fingerprint density at radius 1 is 1.08 bits per heavy atom. The Labute approximate surface area is 220 Å². The number of nitriles is 1. The first-order chi connectivity index (χ1) is 17.8. The van der Waals surface area contributed by atoms with Crippen LogP contribution in [-0.4, -0.2) is 34.9 Å². The molecule has 1 atom stereocenters. The van der Waals surface area contributed by atoms with Crippen LogP contribution in [0.4, 0.5) is 11.5 Å². The van der Waals surface area contributed by atoms with Gasteiger partial charge in [-0.25, -0.2) is 4.98 Å². The van der Waals surface area contributed by atoms with Crippen molar-refractivity contribution in [2.45, 2.75) is 52.0 Å². The minimum Gasteiger partial charge on any atom is -0.368 e. The molecule has 1 aliphatic rings. The van der Waals surface area contributed by atoms with Gasteiger partial charge in [-0.05, 0) is 93.5 Å². The van der Waals surface area contributed by atoms with E-state index in [0.717, 1.165) is 60.7 Å². The summed E-state index contributed by atoms with van der Waals surface area (Å²) in [6, 6.07) is 20.1. The number of pyridine rings is 1. The average molecular weight is 494 g/mol.